The number of aliphatic hydroxyl groups excluding tert-OH is 2. The van der Waals surface area contributed by atoms with Crippen LogP contribution in [-0.4, -0.2) is 56.7 Å². The third kappa shape index (κ3) is 6.49. The molecule has 5 atom stereocenters. The fraction of sp³-hybridized carbons (Fsp3) is 0.429. The Kier molecular flexibility index (Phi) is 9.21. The zero-order chi connectivity index (χ0) is 29.4. The minimum atomic E-state index is -1.63. The predicted molar refractivity (Wildman–Crippen MR) is 146 cm³/mol. The Morgan fingerprint density at radius 3 is 2.33 bits per heavy atom. The highest BCUT2D eigenvalue weighted by Gasteiger charge is 2.44. The van der Waals surface area contributed by atoms with Crippen molar-refractivity contribution in [1.29, 1.82) is 0 Å². The van der Waals surface area contributed by atoms with Gasteiger partial charge in [-0.1, -0.05) is 25.1 Å². The average Bonchev–Trinajstić information content (AvgIpc) is 3.23. The van der Waals surface area contributed by atoms with Crippen molar-refractivity contribution in [2.75, 3.05) is 11.9 Å². The van der Waals surface area contributed by atoms with Gasteiger partial charge in [-0.2, -0.15) is 0 Å². The molecule has 0 bridgehead atoms. The number of halogens is 4. The van der Waals surface area contributed by atoms with E-state index in [-0.39, 0.29) is 47.7 Å². The van der Waals surface area contributed by atoms with Gasteiger partial charge in [0.2, 0.25) is 5.91 Å². The number of amides is 2. The molecule has 2 aromatic carbocycles. The van der Waals surface area contributed by atoms with E-state index in [4.69, 9.17) is 11.6 Å². The first-order valence-corrected chi connectivity index (χ1v) is 14.0. The molecule has 216 valence electrons. The summed E-state index contributed by atoms with van der Waals surface area (Å²) in [5, 5.41) is 36.2. The molecule has 7 nitrogen and oxygen atoms in total. The van der Waals surface area contributed by atoms with Crippen LogP contribution in [0.25, 0.3) is 0 Å². The van der Waals surface area contributed by atoms with Gasteiger partial charge in [0.05, 0.1) is 23.8 Å². The second kappa shape index (κ2) is 12.1. The normalized spacial score (nSPS) is 28.4. The summed E-state index contributed by atoms with van der Waals surface area (Å²) < 4.78 is 40.3. The largest absolute Gasteiger partial charge is 0.390 e. The molecular formula is C28H30ClF3N2O5S. The molecule has 12 heteroatoms. The van der Waals surface area contributed by atoms with Crippen LogP contribution in [0.2, 0.25) is 5.02 Å². The van der Waals surface area contributed by atoms with Crippen molar-refractivity contribution in [3.63, 3.8) is 0 Å². The van der Waals surface area contributed by atoms with E-state index < -0.39 is 47.1 Å². The summed E-state index contributed by atoms with van der Waals surface area (Å²) in [5.41, 5.74) is -0.898. The van der Waals surface area contributed by atoms with E-state index in [1.165, 1.54) is 30.0 Å². The van der Waals surface area contributed by atoms with Crippen molar-refractivity contribution in [3.8, 4) is 0 Å². The van der Waals surface area contributed by atoms with Gasteiger partial charge in [0.1, 0.15) is 5.60 Å². The molecule has 5 N–H and O–H groups in total. The van der Waals surface area contributed by atoms with Crippen LogP contribution in [0.15, 0.2) is 47.4 Å². The molecule has 0 aliphatic heterocycles. The van der Waals surface area contributed by atoms with Crippen LogP contribution in [0.3, 0.4) is 0 Å². The van der Waals surface area contributed by atoms with Crippen LogP contribution in [-0.2, 0) is 4.79 Å². The van der Waals surface area contributed by atoms with Gasteiger partial charge in [-0.25, -0.2) is 13.2 Å². The fourth-order valence-corrected chi connectivity index (χ4v) is 6.84. The molecule has 2 amide bonds. The first kappa shape index (κ1) is 30.4. The summed E-state index contributed by atoms with van der Waals surface area (Å²) in [7, 11) is 0. The monoisotopic (exact) mass is 598 g/mol. The molecule has 2 fully saturated rings. The molecule has 0 radical (unpaired) electrons. The molecule has 2 aliphatic rings. The second-order valence-corrected chi connectivity index (χ2v) is 12.2. The predicted octanol–water partition coefficient (Wildman–Crippen LogP) is 4.44. The van der Waals surface area contributed by atoms with E-state index in [0.717, 1.165) is 0 Å². The Morgan fingerprint density at radius 1 is 1.10 bits per heavy atom. The topological polar surface area (TPSA) is 119 Å². The van der Waals surface area contributed by atoms with Crippen LogP contribution in [0.1, 0.15) is 43.0 Å². The molecule has 40 heavy (non-hydrogen) atoms. The number of hydrogen-bond acceptors (Lipinski definition) is 6. The van der Waals surface area contributed by atoms with E-state index in [9.17, 15) is 38.1 Å². The lowest BCUT2D eigenvalue weighted by atomic mass is 9.73. The third-order valence-corrected chi connectivity index (χ3v) is 9.37. The summed E-state index contributed by atoms with van der Waals surface area (Å²) in [5.74, 6) is -6.31. The average molecular weight is 599 g/mol. The maximum absolute atomic E-state index is 13.5. The molecule has 0 heterocycles. The molecular weight excluding hydrogens is 569 g/mol. The molecule has 3 unspecified atom stereocenters. The molecule has 0 aromatic heterocycles. The number of nitrogens with one attached hydrogen (secondary N) is 2. The summed E-state index contributed by atoms with van der Waals surface area (Å²) >= 11 is 7.78. The number of benzene rings is 2. The van der Waals surface area contributed by atoms with Gasteiger partial charge < -0.3 is 26.0 Å². The molecule has 2 aromatic rings. The highest BCUT2D eigenvalue weighted by molar-refractivity contribution is 8.00. The Morgan fingerprint density at radius 2 is 1.73 bits per heavy atom. The third-order valence-electron chi connectivity index (χ3n) is 7.65. The number of anilines is 1. The first-order valence-electron chi connectivity index (χ1n) is 12.7. The lowest BCUT2D eigenvalue weighted by Gasteiger charge is -2.43. The van der Waals surface area contributed by atoms with Gasteiger partial charge in [-0.15, -0.1) is 11.8 Å². The fourth-order valence-electron chi connectivity index (χ4n) is 5.18. The number of rotatable bonds is 7. The number of aliphatic hydroxyl groups is 3. The van der Waals surface area contributed by atoms with Crippen molar-refractivity contribution >= 4 is 40.9 Å². The van der Waals surface area contributed by atoms with Gasteiger partial charge in [0.25, 0.3) is 5.91 Å². The Balaban J connectivity index is 1.39. The van der Waals surface area contributed by atoms with E-state index in [1.807, 2.05) is 6.92 Å². The van der Waals surface area contributed by atoms with Crippen molar-refractivity contribution in [2.45, 2.75) is 60.6 Å². The zero-order valence-corrected chi connectivity index (χ0v) is 23.2. The minimum Gasteiger partial charge on any atom is -0.390 e. The molecule has 4 rings (SSSR count). The van der Waals surface area contributed by atoms with Gasteiger partial charge in [-0.05, 0) is 55.4 Å². The van der Waals surface area contributed by atoms with Gasteiger partial charge in [0, 0.05) is 39.4 Å². The van der Waals surface area contributed by atoms with E-state index in [0.29, 0.717) is 40.5 Å². The van der Waals surface area contributed by atoms with E-state index in [2.05, 4.69) is 17.2 Å². The summed E-state index contributed by atoms with van der Waals surface area (Å²) in [4.78, 5) is 25.8. The summed E-state index contributed by atoms with van der Waals surface area (Å²) in [6.45, 7) is 5.86. The summed E-state index contributed by atoms with van der Waals surface area (Å²) in [6.07, 6.45) is -0.608. The highest BCUT2D eigenvalue weighted by atomic mass is 35.5. The van der Waals surface area contributed by atoms with E-state index in [1.54, 1.807) is 0 Å². The molecule has 0 spiro atoms. The molecule has 0 saturated heterocycles. The van der Waals surface area contributed by atoms with Crippen LogP contribution in [0.4, 0.5) is 18.9 Å². The minimum absolute atomic E-state index is 0.0487. The van der Waals surface area contributed by atoms with Crippen LogP contribution < -0.4 is 10.6 Å². The van der Waals surface area contributed by atoms with Crippen molar-refractivity contribution in [1.82, 2.24) is 5.32 Å². The van der Waals surface area contributed by atoms with Crippen LogP contribution >= 0.6 is 23.4 Å². The number of carbonyl (C=O) groups excluding carboxylic acids is 2. The van der Waals surface area contributed by atoms with Crippen molar-refractivity contribution < 1.29 is 38.1 Å². The first-order chi connectivity index (χ1) is 18.8. The SMILES string of the molecule is C=C1C[C@H](Sc2cc(C(=O)Nc3cc(F)c(F)c(F)c3)ccc2Cl)CC(C)[C@]1(O)CNC(=O)C1CC(O)C(O)C1. The van der Waals surface area contributed by atoms with Crippen LogP contribution in [0.5, 0.6) is 0 Å². The number of hydrogen-bond donors (Lipinski definition) is 5. The number of carbonyl (C=O) groups is 2. The zero-order valence-electron chi connectivity index (χ0n) is 21.6. The van der Waals surface area contributed by atoms with Gasteiger partial charge in [0.15, 0.2) is 17.5 Å². The lowest BCUT2D eigenvalue weighted by molar-refractivity contribution is -0.126. The molecule has 2 saturated carbocycles. The Bertz CT molecular complexity index is 1300. The maximum Gasteiger partial charge on any atom is 0.255 e. The second-order valence-electron chi connectivity index (χ2n) is 10.5. The number of thioether (sulfide) groups is 1. The van der Waals surface area contributed by atoms with Crippen LogP contribution in [0, 0.1) is 29.3 Å². The summed E-state index contributed by atoms with van der Waals surface area (Å²) in [6, 6.07) is 5.87. The highest BCUT2D eigenvalue weighted by Crippen LogP contribution is 2.45. The van der Waals surface area contributed by atoms with Gasteiger partial charge >= 0.3 is 0 Å². The van der Waals surface area contributed by atoms with Crippen molar-refractivity contribution in [3.05, 3.63) is 70.5 Å². The van der Waals surface area contributed by atoms with Crippen molar-refractivity contribution in [2.24, 2.45) is 11.8 Å². The van der Waals surface area contributed by atoms with E-state index >= 15 is 0 Å². The smallest absolute Gasteiger partial charge is 0.255 e. The Hall–Kier alpha value is -2.57. The Labute approximate surface area is 238 Å². The quantitative estimate of drug-likeness (QED) is 0.238. The lowest BCUT2D eigenvalue weighted by Crippen LogP contribution is -2.53. The maximum atomic E-state index is 13.5. The standard InChI is InChI=1S/C28H30ClF3N2O5S/c1-13-5-18(6-14(2)28(13,39)12-33-26(37)16-7-22(35)23(36)8-16)40-24-9-15(3-4-19(24)29)27(38)34-17-10-20(30)25(32)21(31)11-17/h3-4,9-11,14,16,18,22-23,35-36,39H,1,5-8,12H2,2H3,(H,33,37)(H,34,38)/t14?,16?,18-,22?,23?,28-/m0/s1. The molecule has 2 aliphatic carbocycles. The van der Waals surface area contributed by atoms with Gasteiger partial charge in [-0.3, -0.25) is 9.59 Å².